The quantitative estimate of drug-likeness (QED) is 0.752. The molecular weight excluding hydrogens is 348 g/mol. The number of aromatic nitrogens is 3. The molecule has 1 amide bonds. The van der Waals surface area contributed by atoms with E-state index in [1.165, 1.54) is 22.5 Å². The lowest BCUT2D eigenvalue weighted by Gasteiger charge is -2.22. The third kappa shape index (κ3) is 3.68. The molecule has 0 saturated carbocycles. The van der Waals surface area contributed by atoms with Crippen LogP contribution in [0.5, 0.6) is 0 Å². The molecular formula is C19H20N4O2S. The summed E-state index contributed by atoms with van der Waals surface area (Å²) in [6.07, 6.45) is 2.71. The van der Waals surface area contributed by atoms with Crippen LogP contribution in [0.1, 0.15) is 38.4 Å². The summed E-state index contributed by atoms with van der Waals surface area (Å²) in [5, 5.41) is 10.3. The van der Waals surface area contributed by atoms with Crippen molar-refractivity contribution in [1.29, 1.82) is 0 Å². The Hall–Kier alpha value is -2.51. The number of nitrogens with zero attached hydrogens (tertiary/aromatic N) is 3. The van der Waals surface area contributed by atoms with Gasteiger partial charge in [0, 0.05) is 18.1 Å². The van der Waals surface area contributed by atoms with Crippen LogP contribution in [0.25, 0.3) is 0 Å². The second-order valence-electron chi connectivity index (χ2n) is 6.29. The Morgan fingerprint density at radius 1 is 1.38 bits per heavy atom. The van der Waals surface area contributed by atoms with E-state index in [2.05, 4.69) is 28.6 Å². The smallest absolute Gasteiger partial charge is 0.270 e. The number of carbonyl (C=O) groups is 1. The average Bonchev–Trinajstić information content (AvgIpc) is 3.26. The number of fused-ring (bicyclic) bond motifs is 1. The van der Waals surface area contributed by atoms with Crippen molar-refractivity contribution < 1.29 is 9.53 Å². The molecule has 1 aromatic carbocycles. The summed E-state index contributed by atoms with van der Waals surface area (Å²) >= 11 is 1.47. The van der Waals surface area contributed by atoms with Gasteiger partial charge in [0.15, 0.2) is 0 Å². The summed E-state index contributed by atoms with van der Waals surface area (Å²) in [6, 6.07) is 10.2. The van der Waals surface area contributed by atoms with Crippen molar-refractivity contribution in [2.75, 3.05) is 13.2 Å². The normalized spacial score (nSPS) is 16.3. The van der Waals surface area contributed by atoms with E-state index in [0.717, 1.165) is 23.7 Å². The number of carbonyl (C=O) groups excluding carboxylic acids is 1. The third-order valence-electron chi connectivity index (χ3n) is 4.35. The van der Waals surface area contributed by atoms with Gasteiger partial charge in [0.1, 0.15) is 11.8 Å². The lowest BCUT2D eigenvalue weighted by atomic mass is 10.1. The second-order valence-corrected chi connectivity index (χ2v) is 7.36. The molecule has 0 spiro atoms. The number of nitrogens with one attached hydrogen (secondary N) is 1. The molecule has 2 aromatic heterocycles. The molecule has 1 atom stereocenters. The maximum Gasteiger partial charge on any atom is 0.270 e. The second kappa shape index (κ2) is 7.39. The molecule has 6 nitrogen and oxygen atoms in total. The first-order chi connectivity index (χ1) is 12.7. The Labute approximate surface area is 155 Å². The van der Waals surface area contributed by atoms with E-state index >= 15 is 0 Å². The molecule has 0 fully saturated rings. The maximum absolute atomic E-state index is 12.2. The predicted molar refractivity (Wildman–Crippen MR) is 99.4 cm³/mol. The molecule has 3 aromatic rings. The summed E-state index contributed by atoms with van der Waals surface area (Å²) in [6.45, 7) is 3.65. The van der Waals surface area contributed by atoms with Gasteiger partial charge in [-0.15, -0.1) is 11.3 Å². The first kappa shape index (κ1) is 16.9. The summed E-state index contributed by atoms with van der Waals surface area (Å²) in [4.78, 5) is 16.4. The van der Waals surface area contributed by atoms with Crippen molar-refractivity contribution in [3.63, 3.8) is 0 Å². The zero-order valence-electron chi connectivity index (χ0n) is 14.5. The fraction of sp³-hybridized carbons (Fsp3) is 0.316. The van der Waals surface area contributed by atoms with Gasteiger partial charge in [-0.2, -0.15) is 5.10 Å². The predicted octanol–water partition coefficient (Wildman–Crippen LogP) is 2.74. The first-order valence-corrected chi connectivity index (χ1v) is 9.49. The molecule has 4 rings (SSSR count). The van der Waals surface area contributed by atoms with Crippen LogP contribution in [0.2, 0.25) is 0 Å². The fourth-order valence-corrected chi connectivity index (χ4v) is 3.68. The van der Waals surface area contributed by atoms with Crippen LogP contribution < -0.4 is 5.32 Å². The van der Waals surface area contributed by atoms with Gasteiger partial charge >= 0.3 is 0 Å². The van der Waals surface area contributed by atoms with E-state index in [9.17, 15) is 4.79 Å². The number of benzene rings is 1. The largest absolute Gasteiger partial charge is 0.370 e. The number of aryl methyl sites for hydroxylation is 1. The van der Waals surface area contributed by atoms with Crippen LogP contribution in [-0.2, 0) is 17.7 Å². The minimum absolute atomic E-state index is 0.172. The lowest BCUT2D eigenvalue weighted by molar-refractivity contribution is 0.0383. The molecule has 1 aliphatic rings. The summed E-state index contributed by atoms with van der Waals surface area (Å²) in [7, 11) is 0. The van der Waals surface area contributed by atoms with Crippen LogP contribution in [0, 0.1) is 6.92 Å². The minimum Gasteiger partial charge on any atom is -0.370 e. The molecule has 0 saturated heterocycles. The van der Waals surface area contributed by atoms with E-state index in [0.29, 0.717) is 18.8 Å². The first-order valence-electron chi connectivity index (χ1n) is 8.61. The third-order valence-corrected chi connectivity index (χ3v) is 5.13. The Morgan fingerprint density at radius 3 is 3.00 bits per heavy atom. The molecule has 0 bridgehead atoms. The number of ether oxygens (including phenoxy) is 1. The minimum atomic E-state index is -0.223. The van der Waals surface area contributed by atoms with Gasteiger partial charge in [-0.3, -0.25) is 9.48 Å². The van der Waals surface area contributed by atoms with Crippen LogP contribution in [0.4, 0.5) is 0 Å². The standard InChI is InChI=1S/C19H20N4O2S/c1-13-21-16(12-26-13)19(24)20-9-17-18-15(7-8-25-17)11-23(22-18)10-14-5-3-2-4-6-14/h2-6,11-12,17H,7-10H2,1H3,(H,20,24). The molecule has 134 valence electrons. The van der Waals surface area contributed by atoms with Crippen LogP contribution >= 0.6 is 11.3 Å². The highest BCUT2D eigenvalue weighted by atomic mass is 32.1. The van der Waals surface area contributed by atoms with Crippen molar-refractivity contribution in [2.24, 2.45) is 0 Å². The van der Waals surface area contributed by atoms with Gasteiger partial charge in [0.25, 0.3) is 5.91 Å². The van der Waals surface area contributed by atoms with E-state index in [4.69, 9.17) is 9.84 Å². The summed E-state index contributed by atoms with van der Waals surface area (Å²) < 4.78 is 7.80. The zero-order valence-corrected chi connectivity index (χ0v) is 15.3. The molecule has 1 N–H and O–H groups in total. The lowest BCUT2D eigenvalue weighted by Crippen LogP contribution is -2.32. The van der Waals surface area contributed by atoms with E-state index < -0.39 is 0 Å². The SMILES string of the molecule is Cc1nc(C(=O)NCC2OCCc3cn(Cc4ccccc4)nc32)cs1. The van der Waals surface area contributed by atoms with E-state index in [1.54, 1.807) is 5.38 Å². The summed E-state index contributed by atoms with van der Waals surface area (Å²) in [5.74, 6) is -0.172. The Kier molecular flexibility index (Phi) is 4.81. The van der Waals surface area contributed by atoms with Crippen LogP contribution in [0.15, 0.2) is 41.9 Å². The zero-order chi connectivity index (χ0) is 17.9. The molecule has 3 heterocycles. The highest BCUT2D eigenvalue weighted by Gasteiger charge is 2.25. The van der Waals surface area contributed by atoms with Gasteiger partial charge in [0.2, 0.25) is 0 Å². The van der Waals surface area contributed by atoms with Crippen LogP contribution in [0.3, 0.4) is 0 Å². The molecule has 1 unspecified atom stereocenters. The van der Waals surface area contributed by atoms with Gasteiger partial charge in [-0.25, -0.2) is 4.98 Å². The number of thiazole rings is 1. The van der Waals surface area contributed by atoms with Crippen molar-refractivity contribution in [1.82, 2.24) is 20.1 Å². The van der Waals surface area contributed by atoms with E-state index in [-0.39, 0.29) is 12.0 Å². The summed E-state index contributed by atoms with van der Waals surface area (Å²) in [5.41, 5.74) is 3.77. The monoisotopic (exact) mass is 368 g/mol. The Balaban J connectivity index is 1.44. The van der Waals surface area contributed by atoms with Crippen LogP contribution in [-0.4, -0.2) is 33.8 Å². The van der Waals surface area contributed by atoms with Gasteiger partial charge in [-0.1, -0.05) is 30.3 Å². The Bertz CT molecular complexity index is 903. The average molecular weight is 368 g/mol. The number of rotatable bonds is 5. The number of hydrogen-bond acceptors (Lipinski definition) is 5. The van der Waals surface area contributed by atoms with Gasteiger partial charge in [0.05, 0.1) is 23.9 Å². The van der Waals surface area contributed by atoms with Gasteiger partial charge in [-0.05, 0) is 24.5 Å². The van der Waals surface area contributed by atoms with Crippen molar-refractivity contribution in [3.05, 3.63) is 69.4 Å². The molecule has 7 heteroatoms. The van der Waals surface area contributed by atoms with Crippen molar-refractivity contribution >= 4 is 17.2 Å². The molecule has 1 aliphatic heterocycles. The van der Waals surface area contributed by atoms with Gasteiger partial charge < -0.3 is 10.1 Å². The molecule has 0 radical (unpaired) electrons. The maximum atomic E-state index is 12.2. The fourth-order valence-electron chi connectivity index (χ4n) is 3.08. The highest BCUT2D eigenvalue weighted by Crippen LogP contribution is 2.25. The molecule has 26 heavy (non-hydrogen) atoms. The van der Waals surface area contributed by atoms with E-state index in [1.807, 2.05) is 29.8 Å². The molecule has 0 aliphatic carbocycles. The van der Waals surface area contributed by atoms with Crippen molar-refractivity contribution in [2.45, 2.75) is 26.0 Å². The number of hydrogen-bond donors (Lipinski definition) is 1. The Morgan fingerprint density at radius 2 is 2.23 bits per heavy atom. The highest BCUT2D eigenvalue weighted by molar-refractivity contribution is 7.09. The number of amides is 1. The van der Waals surface area contributed by atoms with Crippen molar-refractivity contribution in [3.8, 4) is 0 Å². The topological polar surface area (TPSA) is 69.0 Å².